The highest BCUT2D eigenvalue weighted by Gasteiger charge is 2.21. The van der Waals surface area contributed by atoms with Crippen LogP contribution in [0.5, 0.6) is 0 Å². The van der Waals surface area contributed by atoms with Gasteiger partial charge in [-0.3, -0.25) is 9.69 Å². The van der Waals surface area contributed by atoms with Gasteiger partial charge in [-0.1, -0.05) is 6.07 Å². The van der Waals surface area contributed by atoms with Crippen LogP contribution in [0.15, 0.2) is 18.2 Å². The Balaban J connectivity index is 2.43. The maximum Gasteiger partial charge on any atom is 0.224 e. The zero-order chi connectivity index (χ0) is 16.0. The van der Waals surface area contributed by atoms with Gasteiger partial charge in [-0.15, -0.1) is 0 Å². The fourth-order valence-electron chi connectivity index (χ4n) is 1.89. The molecule has 0 spiro atoms. The number of carbonyl (C=O) groups excluding carboxylic acids is 1. The van der Waals surface area contributed by atoms with E-state index in [-0.39, 0.29) is 18.1 Å². The lowest BCUT2D eigenvalue weighted by Gasteiger charge is -2.33. The summed E-state index contributed by atoms with van der Waals surface area (Å²) in [5.41, 5.74) is 7.86. The molecule has 5 nitrogen and oxygen atoms in total. The summed E-state index contributed by atoms with van der Waals surface area (Å²) in [6, 6.07) is 5.48. The molecule has 0 bridgehead atoms. The van der Waals surface area contributed by atoms with E-state index in [0.29, 0.717) is 12.1 Å². The second kappa shape index (κ2) is 7.43. The Morgan fingerprint density at radius 3 is 2.71 bits per heavy atom. The zero-order valence-corrected chi connectivity index (χ0v) is 13.4. The molecule has 0 saturated heterocycles. The number of carbonyl (C=O) groups is 1. The summed E-state index contributed by atoms with van der Waals surface area (Å²) in [5.74, 6) is -0.0149. The van der Waals surface area contributed by atoms with Crippen LogP contribution in [0.2, 0.25) is 0 Å². The summed E-state index contributed by atoms with van der Waals surface area (Å²) in [6.45, 7) is 6.74. The number of amides is 1. The Morgan fingerprint density at radius 1 is 1.43 bits per heavy atom. The maximum atomic E-state index is 12.0. The van der Waals surface area contributed by atoms with Crippen LogP contribution >= 0.6 is 0 Å². The Hall–Kier alpha value is -1.59. The van der Waals surface area contributed by atoms with Gasteiger partial charge in [-0.05, 0) is 58.5 Å². The van der Waals surface area contributed by atoms with Crippen molar-refractivity contribution in [2.24, 2.45) is 0 Å². The molecule has 0 aliphatic heterocycles. The van der Waals surface area contributed by atoms with Crippen molar-refractivity contribution < 1.29 is 9.90 Å². The quantitative estimate of drug-likeness (QED) is 0.672. The lowest BCUT2D eigenvalue weighted by atomic mass is 10.0. The van der Waals surface area contributed by atoms with Gasteiger partial charge in [0.25, 0.3) is 0 Å². The fourth-order valence-corrected chi connectivity index (χ4v) is 1.89. The summed E-state index contributed by atoms with van der Waals surface area (Å²) in [6.07, 6.45) is 1.19. The smallest absolute Gasteiger partial charge is 0.224 e. The Kier molecular flexibility index (Phi) is 6.18. The molecule has 1 aromatic rings. The lowest BCUT2D eigenvalue weighted by molar-refractivity contribution is -0.116. The second-order valence-corrected chi connectivity index (χ2v) is 6.12. The molecule has 0 unspecified atom stereocenters. The first-order valence-corrected chi connectivity index (χ1v) is 7.24. The van der Waals surface area contributed by atoms with Gasteiger partial charge >= 0.3 is 0 Å². The van der Waals surface area contributed by atoms with Crippen LogP contribution in [0.3, 0.4) is 0 Å². The van der Waals surface area contributed by atoms with E-state index in [0.717, 1.165) is 24.2 Å². The molecule has 5 heteroatoms. The molecule has 1 rings (SSSR count). The number of nitrogen functional groups attached to an aromatic ring is 1. The third-order valence-corrected chi connectivity index (χ3v) is 3.85. The highest BCUT2D eigenvalue weighted by Crippen LogP contribution is 2.18. The zero-order valence-electron chi connectivity index (χ0n) is 13.4. The van der Waals surface area contributed by atoms with Crippen LogP contribution in [0.1, 0.15) is 32.3 Å². The summed E-state index contributed by atoms with van der Waals surface area (Å²) in [7, 11) is 1.95. The van der Waals surface area contributed by atoms with E-state index in [1.165, 1.54) is 0 Å². The van der Waals surface area contributed by atoms with Crippen molar-refractivity contribution >= 4 is 17.3 Å². The molecule has 0 radical (unpaired) electrons. The van der Waals surface area contributed by atoms with E-state index >= 15 is 0 Å². The van der Waals surface area contributed by atoms with Crippen LogP contribution < -0.4 is 11.1 Å². The molecule has 118 valence electrons. The normalized spacial score (nSPS) is 11.7. The number of aryl methyl sites for hydroxylation is 1. The lowest BCUT2D eigenvalue weighted by Crippen LogP contribution is -2.44. The predicted molar refractivity (Wildman–Crippen MR) is 87.2 cm³/mol. The van der Waals surface area contributed by atoms with E-state index in [2.05, 4.69) is 10.2 Å². The van der Waals surface area contributed by atoms with Crippen molar-refractivity contribution in [2.75, 3.05) is 31.2 Å². The first kappa shape index (κ1) is 17.5. The topological polar surface area (TPSA) is 78.6 Å². The van der Waals surface area contributed by atoms with Crippen LogP contribution in [0.25, 0.3) is 0 Å². The second-order valence-electron chi connectivity index (χ2n) is 6.12. The van der Waals surface area contributed by atoms with Crippen LogP contribution in [-0.2, 0) is 4.79 Å². The minimum absolute atomic E-state index is 0.0149. The minimum atomic E-state index is -0.263. The minimum Gasteiger partial charge on any atom is -0.399 e. The van der Waals surface area contributed by atoms with Crippen molar-refractivity contribution in [2.45, 2.75) is 39.2 Å². The SMILES string of the molecule is Cc1ccc(N)cc1NC(=O)CCCN(C)C(C)(C)CO. The number of likely N-dealkylation sites (N-methyl/N-ethyl adjacent to an activating group) is 1. The van der Waals surface area contributed by atoms with E-state index in [9.17, 15) is 9.90 Å². The van der Waals surface area contributed by atoms with Crippen molar-refractivity contribution in [1.82, 2.24) is 4.90 Å². The van der Waals surface area contributed by atoms with Gasteiger partial charge in [0.2, 0.25) is 5.91 Å². The van der Waals surface area contributed by atoms with E-state index in [1.54, 1.807) is 6.07 Å². The number of nitrogens with zero attached hydrogens (tertiary/aromatic N) is 1. The molecule has 0 atom stereocenters. The highest BCUT2D eigenvalue weighted by atomic mass is 16.3. The predicted octanol–water partition coefficient (Wildman–Crippen LogP) is 2.00. The number of nitrogens with one attached hydrogen (secondary N) is 1. The van der Waals surface area contributed by atoms with Gasteiger partial charge in [-0.2, -0.15) is 0 Å². The van der Waals surface area contributed by atoms with Crippen molar-refractivity contribution in [1.29, 1.82) is 0 Å². The third-order valence-electron chi connectivity index (χ3n) is 3.85. The van der Waals surface area contributed by atoms with Gasteiger partial charge in [0, 0.05) is 23.3 Å². The van der Waals surface area contributed by atoms with Gasteiger partial charge in [0.1, 0.15) is 0 Å². The van der Waals surface area contributed by atoms with Crippen LogP contribution in [0, 0.1) is 6.92 Å². The molecule has 1 amide bonds. The molecular formula is C16H27N3O2. The number of aliphatic hydroxyl groups is 1. The Bertz CT molecular complexity index is 486. The number of anilines is 2. The third kappa shape index (κ3) is 5.36. The number of benzene rings is 1. The molecule has 0 fully saturated rings. The van der Waals surface area contributed by atoms with Gasteiger partial charge < -0.3 is 16.2 Å². The molecule has 0 aliphatic carbocycles. The highest BCUT2D eigenvalue weighted by molar-refractivity contribution is 5.91. The van der Waals surface area contributed by atoms with Crippen LogP contribution in [-0.4, -0.2) is 41.7 Å². The fraction of sp³-hybridized carbons (Fsp3) is 0.562. The number of hydrogen-bond donors (Lipinski definition) is 3. The summed E-state index contributed by atoms with van der Waals surface area (Å²) in [4.78, 5) is 14.0. The Labute approximate surface area is 127 Å². The van der Waals surface area contributed by atoms with Gasteiger partial charge in [-0.25, -0.2) is 0 Å². The monoisotopic (exact) mass is 293 g/mol. The number of rotatable bonds is 7. The van der Waals surface area contributed by atoms with Gasteiger partial charge in [0.15, 0.2) is 0 Å². The van der Waals surface area contributed by atoms with Crippen LogP contribution in [0.4, 0.5) is 11.4 Å². The summed E-state index contributed by atoms with van der Waals surface area (Å²) >= 11 is 0. The largest absolute Gasteiger partial charge is 0.399 e. The summed E-state index contributed by atoms with van der Waals surface area (Å²) in [5, 5.41) is 12.2. The number of aliphatic hydroxyl groups excluding tert-OH is 1. The maximum absolute atomic E-state index is 12.0. The summed E-state index contributed by atoms with van der Waals surface area (Å²) < 4.78 is 0. The average Bonchev–Trinajstić information content (AvgIpc) is 2.42. The molecule has 0 aromatic heterocycles. The van der Waals surface area contributed by atoms with E-state index in [4.69, 9.17) is 5.73 Å². The number of nitrogens with two attached hydrogens (primary N) is 1. The average molecular weight is 293 g/mol. The molecule has 0 heterocycles. The van der Waals surface area contributed by atoms with Gasteiger partial charge in [0.05, 0.1) is 6.61 Å². The molecule has 21 heavy (non-hydrogen) atoms. The molecule has 0 aliphatic rings. The molecule has 4 N–H and O–H groups in total. The standard InChI is InChI=1S/C16H27N3O2/c1-12-7-8-13(17)10-14(12)18-15(21)6-5-9-19(4)16(2,3)11-20/h7-8,10,20H,5-6,9,11,17H2,1-4H3,(H,18,21). The number of hydrogen-bond acceptors (Lipinski definition) is 4. The van der Waals surface area contributed by atoms with E-state index < -0.39 is 0 Å². The first-order chi connectivity index (χ1) is 9.76. The first-order valence-electron chi connectivity index (χ1n) is 7.24. The molecule has 1 aromatic carbocycles. The van der Waals surface area contributed by atoms with E-state index in [1.807, 2.05) is 40.0 Å². The molecular weight excluding hydrogens is 266 g/mol. The van der Waals surface area contributed by atoms with Crippen molar-refractivity contribution in [3.8, 4) is 0 Å². The Morgan fingerprint density at radius 2 is 2.10 bits per heavy atom. The molecule has 0 saturated carbocycles. The van der Waals surface area contributed by atoms with Crippen molar-refractivity contribution in [3.05, 3.63) is 23.8 Å². The van der Waals surface area contributed by atoms with Crippen molar-refractivity contribution in [3.63, 3.8) is 0 Å².